The number of hydroxylamine groups is 1. The quantitative estimate of drug-likeness (QED) is 0.524. The Balaban J connectivity index is 2.28. The Kier molecular flexibility index (Phi) is 4.24. The number of nitrogens with two attached hydrogens (primary N) is 1. The van der Waals surface area contributed by atoms with Crippen molar-refractivity contribution < 1.29 is 24.3 Å². The van der Waals surface area contributed by atoms with E-state index >= 15 is 0 Å². The second-order valence-electron chi connectivity index (χ2n) is 3.77. The number of hydrogen-bond donors (Lipinski definition) is 3. The van der Waals surface area contributed by atoms with Crippen LogP contribution < -0.4 is 11.2 Å². The fourth-order valence-corrected chi connectivity index (χ4v) is 1.71. The molecule has 1 saturated carbocycles. The molecule has 0 aromatic carbocycles. The van der Waals surface area contributed by atoms with Crippen molar-refractivity contribution in [2.45, 2.75) is 19.3 Å². The molecule has 1 fully saturated rings. The van der Waals surface area contributed by atoms with Crippen molar-refractivity contribution in [2.24, 2.45) is 17.6 Å². The Morgan fingerprint density at radius 1 is 1.31 bits per heavy atom. The predicted octanol–water partition coefficient (Wildman–Crippen LogP) is -0.980. The van der Waals surface area contributed by atoms with Gasteiger partial charge in [0, 0.05) is 5.92 Å². The fourth-order valence-electron chi connectivity index (χ4n) is 1.71. The molecule has 1 rings (SSSR count). The highest BCUT2D eigenvalue weighted by Crippen LogP contribution is 2.30. The lowest BCUT2D eigenvalue weighted by Gasteiger charge is -2.09. The zero-order valence-electron chi connectivity index (χ0n) is 8.64. The molecule has 2 amide bonds. The van der Waals surface area contributed by atoms with E-state index in [1.807, 2.05) is 0 Å². The number of amides is 2. The third-order valence-electron chi connectivity index (χ3n) is 2.54. The maximum absolute atomic E-state index is 11.4. The molecular weight excluding hydrogens is 216 g/mol. The molecule has 4 N–H and O–H groups in total. The van der Waals surface area contributed by atoms with E-state index in [0.717, 1.165) is 0 Å². The van der Waals surface area contributed by atoms with Crippen LogP contribution in [-0.4, -0.2) is 29.5 Å². The van der Waals surface area contributed by atoms with Gasteiger partial charge >= 0.3 is 5.97 Å². The molecule has 0 aromatic rings. The van der Waals surface area contributed by atoms with Crippen LogP contribution >= 0.6 is 0 Å². The number of carbonyl (C=O) groups excluding carboxylic acids is 2. The summed E-state index contributed by atoms with van der Waals surface area (Å²) in [6, 6.07) is 0. The highest BCUT2D eigenvalue weighted by molar-refractivity contribution is 5.80. The van der Waals surface area contributed by atoms with Crippen molar-refractivity contribution >= 4 is 17.8 Å². The minimum Gasteiger partial charge on any atom is -0.481 e. The summed E-state index contributed by atoms with van der Waals surface area (Å²) in [6.07, 6.45) is 1.31. The van der Waals surface area contributed by atoms with Gasteiger partial charge in [0.25, 0.3) is 0 Å². The van der Waals surface area contributed by atoms with Crippen LogP contribution in [0, 0.1) is 11.8 Å². The van der Waals surface area contributed by atoms with E-state index in [4.69, 9.17) is 10.8 Å². The summed E-state index contributed by atoms with van der Waals surface area (Å²) in [7, 11) is 0. The van der Waals surface area contributed by atoms with Crippen LogP contribution in [0.3, 0.4) is 0 Å². The van der Waals surface area contributed by atoms with E-state index in [-0.39, 0.29) is 12.5 Å². The molecule has 7 nitrogen and oxygen atoms in total. The summed E-state index contributed by atoms with van der Waals surface area (Å²) in [5, 5.41) is 8.74. The maximum atomic E-state index is 11.4. The van der Waals surface area contributed by atoms with Gasteiger partial charge in [-0.25, -0.2) is 5.48 Å². The summed E-state index contributed by atoms with van der Waals surface area (Å²) >= 11 is 0. The molecule has 7 heteroatoms. The lowest BCUT2D eigenvalue weighted by Crippen LogP contribution is -2.33. The van der Waals surface area contributed by atoms with Gasteiger partial charge in [-0.1, -0.05) is 0 Å². The van der Waals surface area contributed by atoms with Gasteiger partial charge in [-0.05, 0) is 19.3 Å². The van der Waals surface area contributed by atoms with Crippen molar-refractivity contribution in [1.82, 2.24) is 5.48 Å². The first kappa shape index (κ1) is 12.4. The minimum absolute atomic E-state index is 0.307. The number of aliphatic carboxylic acids is 1. The highest BCUT2D eigenvalue weighted by Gasteiger charge is 2.33. The zero-order chi connectivity index (χ0) is 12.1. The average molecular weight is 230 g/mol. The summed E-state index contributed by atoms with van der Waals surface area (Å²) < 4.78 is 0. The van der Waals surface area contributed by atoms with Crippen LogP contribution in [-0.2, 0) is 19.2 Å². The molecule has 0 heterocycles. The predicted molar refractivity (Wildman–Crippen MR) is 51.8 cm³/mol. The average Bonchev–Trinajstić information content (AvgIpc) is 2.65. The van der Waals surface area contributed by atoms with Gasteiger partial charge < -0.3 is 10.8 Å². The van der Waals surface area contributed by atoms with Crippen LogP contribution in [0.4, 0.5) is 0 Å². The molecule has 2 atom stereocenters. The molecular formula is C9H14N2O5. The third-order valence-corrected chi connectivity index (χ3v) is 2.54. The lowest BCUT2D eigenvalue weighted by atomic mass is 10.1. The van der Waals surface area contributed by atoms with Crippen molar-refractivity contribution in [3.63, 3.8) is 0 Å². The SMILES string of the molecule is NC(=O)CONC(=O)[C@@H]1CC[C@H](C(=O)O)C1. The first-order valence-electron chi connectivity index (χ1n) is 4.93. The van der Waals surface area contributed by atoms with Gasteiger partial charge in [-0.15, -0.1) is 0 Å². The second-order valence-corrected chi connectivity index (χ2v) is 3.77. The number of rotatable bonds is 5. The van der Waals surface area contributed by atoms with Gasteiger partial charge in [0.05, 0.1) is 5.92 Å². The van der Waals surface area contributed by atoms with Crippen LogP contribution in [0.25, 0.3) is 0 Å². The molecule has 0 saturated heterocycles. The normalized spacial score (nSPS) is 24.0. The number of carboxylic acid groups (broad SMARTS) is 1. The molecule has 1 aliphatic carbocycles. The Labute approximate surface area is 91.9 Å². The van der Waals surface area contributed by atoms with E-state index in [0.29, 0.717) is 19.3 Å². The van der Waals surface area contributed by atoms with Crippen LogP contribution in [0.5, 0.6) is 0 Å². The van der Waals surface area contributed by atoms with Gasteiger partial charge in [-0.2, -0.15) is 0 Å². The van der Waals surface area contributed by atoms with Gasteiger partial charge in [0.1, 0.15) is 0 Å². The van der Waals surface area contributed by atoms with Crippen molar-refractivity contribution in [1.29, 1.82) is 0 Å². The monoisotopic (exact) mass is 230 g/mol. The number of carboxylic acids is 1. The van der Waals surface area contributed by atoms with Crippen LogP contribution in [0.1, 0.15) is 19.3 Å². The molecule has 0 radical (unpaired) electrons. The Morgan fingerprint density at radius 3 is 2.44 bits per heavy atom. The van der Waals surface area contributed by atoms with Crippen molar-refractivity contribution in [3.8, 4) is 0 Å². The Hall–Kier alpha value is -1.63. The van der Waals surface area contributed by atoms with E-state index in [9.17, 15) is 14.4 Å². The molecule has 90 valence electrons. The fraction of sp³-hybridized carbons (Fsp3) is 0.667. The molecule has 1 aliphatic rings. The first-order valence-corrected chi connectivity index (χ1v) is 4.93. The maximum Gasteiger partial charge on any atom is 0.306 e. The summed E-state index contributed by atoms with van der Waals surface area (Å²) in [6.45, 7) is -0.388. The molecule has 0 bridgehead atoms. The van der Waals surface area contributed by atoms with Crippen LogP contribution in [0.15, 0.2) is 0 Å². The van der Waals surface area contributed by atoms with Crippen molar-refractivity contribution in [3.05, 3.63) is 0 Å². The number of hydrogen-bond acceptors (Lipinski definition) is 4. The standard InChI is InChI=1S/C9H14N2O5/c10-7(12)4-16-11-8(13)5-1-2-6(3-5)9(14)15/h5-6H,1-4H2,(H2,10,12)(H,11,13)(H,14,15)/t5-,6+/m1/s1. The van der Waals surface area contributed by atoms with Gasteiger partial charge in [-0.3, -0.25) is 19.2 Å². The largest absolute Gasteiger partial charge is 0.481 e. The second kappa shape index (κ2) is 5.45. The summed E-state index contributed by atoms with van der Waals surface area (Å²) in [5.41, 5.74) is 6.88. The van der Waals surface area contributed by atoms with Gasteiger partial charge in [0.15, 0.2) is 6.61 Å². The molecule has 0 unspecified atom stereocenters. The van der Waals surface area contributed by atoms with Gasteiger partial charge in [0.2, 0.25) is 11.8 Å². The number of carbonyl (C=O) groups is 3. The van der Waals surface area contributed by atoms with E-state index in [1.54, 1.807) is 0 Å². The molecule has 16 heavy (non-hydrogen) atoms. The van der Waals surface area contributed by atoms with E-state index in [1.165, 1.54) is 0 Å². The molecule has 0 aromatic heterocycles. The van der Waals surface area contributed by atoms with Crippen molar-refractivity contribution in [2.75, 3.05) is 6.61 Å². The summed E-state index contributed by atoms with van der Waals surface area (Å²) in [5.74, 6) is -2.80. The topological polar surface area (TPSA) is 119 Å². The smallest absolute Gasteiger partial charge is 0.306 e. The number of primary amides is 1. The Bertz CT molecular complexity index is 304. The first-order chi connectivity index (χ1) is 7.50. The minimum atomic E-state index is -0.881. The molecule has 0 spiro atoms. The zero-order valence-corrected chi connectivity index (χ0v) is 8.64. The van der Waals surface area contributed by atoms with E-state index < -0.39 is 23.7 Å². The molecule has 0 aliphatic heterocycles. The number of nitrogens with one attached hydrogen (secondary N) is 1. The third kappa shape index (κ3) is 3.50. The highest BCUT2D eigenvalue weighted by atomic mass is 16.7. The van der Waals surface area contributed by atoms with Crippen LogP contribution in [0.2, 0.25) is 0 Å². The lowest BCUT2D eigenvalue weighted by molar-refractivity contribution is -0.142. The Morgan fingerprint density at radius 2 is 1.94 bits per heavy atom. The summed E-state index contributed by atoms with van der Waals surface area (Å²) in [4.78, 5) is 36.9. The van der Waals surface area contributed by atoms with E-state index in [2.05, 4.69) is 10.3 Å².